The van der Waals surface area contributed by atoms with E-state index in [0.29, 0.717) is 5.75 Å². The van der Waals surface area contributed by atoms with Gasteiger partial charge in [-0.2, -0.15) is 0 Å². The van der Waals surface area contributed by atoms with Crippen LogP contribution in [0.3, 0.4) is 0 Å². The molecule has 2 N–H and O–H groups in total. The molecule has 96 valence electrons. The van der Waals surface area contributed by atoms with Gasteiger partial charge in [-0.15, -0.1) is 11.3 Å². The Morgan fingerprint density at radius 1 is 1.22 bits per heavy atom. The summed E-state index contributed by atoms with van der Waals surface area (Å²) in [6.45, 7) is 7.01. The van der Waals surface area contributed by atoms with Gasteiger partial charge in [0.1, 0.15) is 5.75 Å². The van der Waals surface area contributed by atoms with Crippen LogP contribution in [0.1, 0.15) is 33.8 Å². The van der Waals surface area contributed by atoms with Crippen molar-refractivity contribution in [1.29, 1.82) is 0 Å². The molecular formula is C15H19NOS. The van der Waals surface area contributed by atoms with Crippen LogP contribution in [0.5, 0.6) is 5.75 Å². The Morgan fingerprint density at radius 2 is 2.00 bits per heavy atom. The molecule has 1 unspecified atom stereocenters. The molecule has 0 radical (unpaired) electrons. The predicted molar refractivity (Wildman–Crippen MR) is 77.2 cm³/mol. The first-order chi connectivity index (χ1) is 8.56. The highest BCUT2D eigenvalue weighted by atomic mass is 32.1. The van der Waals surface area contributed by atoms with Crippen LogP contribution in [0, 0.1) is 13.8 Å². The van der Waals surface area contributed by atoms with Crippen molar-refractivity contribution < 1.29 is 5.11 Å². The van der Waals surface area contributed by atoms with E-state index in [2.05, 4.69) is 31.3 Å². The van der Waals surface area contributed by atoms with Crippen molar-refractivity contribution in [3.05, 3.63) is 51.2 Å². The van der Waals surface area contributed by atoms with Gasteiger partial charge in [0, 0.05) is 27.9 Å². The second kappa shape index (κ2) is 5.55. The Kier molecular flexibility index (Phi) is 4.04. The highest BCUT2D eigenvalue weighted by Gasteiger charge is 2.10. The first-order valence-electron chi connectivity index (χ1n) is 6.14. The van der Waals surface area contributed by atoms with Crippen molar-refractivity contribution in [3.63, 3.8) is 0 Å². The topological polar surface area (TPSA) is 32.3 Å². The third-order valence-corrected chi connectivity index (χ3v) is 4.03. The summed E-state index contributed by atoms with van der Waals surface area (Å²) in [5.74, 6) is 0.373. The van der Waals surface area contributed by atoms with Crippen molar-refractivity contribution in [1.82, 2.24) is 5.32 Å². The normalized spacial score (nSPS) is 12.6. The zero-order valence-electron chi connectivity index (χ0n) is 11.0. The maximum atomic E-state index is 9.93. The lowest BCUT2D eigenvalue weighted by Crippen LogP contribution is -2.17. The number of aryl methyl sites for hydroxylation is 2. The Morgan fingerprint density at radius 3 is 2.61 bits per heavy atom. The van der Waals surface area contributed by atoms with Gasteiger partial charge in [0.05, 0.1) is 0 Å². The van der Waals surface area contributed by atoms with Crippen LogP contribution >= 0.6 is 11.3 Å². The maximum Gasteiger partial charge on any atom is 0.120 e. The molecule has 1 heterocycles. The van der Waals surface area contributed by atoms with Crippen LogP contribution in [0.25, 0.3) is 0 Å². The summed E-state index contributed by atoms with van der Waals surface area (Å²) in [6, 6.07) is 10.3. The number of hydrogen-bond donors (Lipinski definition) is 2. The molecular weight excluding hydrogens is 242 g/mol. The van der Waals surface area contributed by atoms with E-state index in [9.17, 15) is 5.11 Å². The Labute approximate surface area is 112 Å². The van der Waals surface area contributed by atoms with Gasteiger partial charge in [0.2, 0.25) is 0 Å². The fourth-order valence-electron chi connectivity index (χ4n) is 1.96. The molecule has 0 bridgehead atoms. The molecule has 1 aromatic carbocycles. The van der Waals surface area contributed by atoms with Gasteiger partial charge in [-0.3, -0.25) is 0 Å². The van der Waals surface area contributed by atoms with E-state index >= 15 is 0 Å². The van der Waals surface area contributed by atoms with Crippen molar-refractivity contribution in [2.75, 3.05) is 0 Å². The highest BCUT2D eigenvalue weighted by Crippen LogP contribution is 2.25. The SMILES string of the molecule is Cc1ccc(C(C)NCc2ccc(C)s2)c(O)c1. The predicted octanol–water partition coefficient (Wildman–Crippen LogP) is 3.92. The van der Waals surface area contributed by atoms with Crippen LogP contribution < -0.4 is 5.32 Å². The van der Waals surface area contributed by atoms with Crippen LogP contribution in [-0.2, 0) is 6.54 Å². The molecule has 0 saturated heterocycles. The molecule has 0 amide bonds. The number of nitrogens with one attached hydrogen (secondary N) is 1. The first kappa shape index (κ1) is 13.1. The first-order valence-corrected chi connectivity index (χ1v) is 6.96. The van der Waals surface area contributed by atoms with Gasteiger partial charge in [-0.1, -0.05) is 12.1 Å². The molecule has 0 aliphatic heterocycles. The third-order valence-electron chi connectivity index (χ3n) is 3.03. The lowest BCUT2D eigenvalue weighted by atomic mass is 10.1. The summed E-state index contributed by atoms with van der Waals surface area (Å²) in [4.78, 5) is 2.66. The monoisotopic (exact) mass is 261 g/mol. The second-order valence-corrected chi connectivity index (χ2v) is 6.05. The zero-order chi connectivity index (χ0) is 13.1. The Bertz CT molecular complexity index is 533. The molecule has 1 aromatic heterocycles. The van der Waals surface area contributed by atoms with Gasteiger partial charge in [0.15, 0.2) is 0 Å². The fraction of sp³-hybridized carbons (Fsp3) is 0.333. The lowest BCUT2D eigenvalue weighted by molar-refractivity contribution is 0.452. The van der Waals surface area contributed by atoms with Gasteiger partial charge in [0.25, 0.3) is 0 Å². The van der Waals surface area contributed by atoms with E-state index in [4.69, 9.17) is 0 Å². The van der Waals surface area contributed by atoms with Crippen LogP contribution in [0.2, 0.25) is 0 Å². The van der Waals surface area contributed by atoms with Crippen molar-refractivity contribution >= 4 is 11.3 Å². The van der Waals surface area contributed by atoms with E-state index in [1.54, 1.807) is 11.3 Å². The number of hydrogen-bond acceptors (Lipinski definition) is 3. The molecule has 3 heteroatoms. The molecule has 2 aromatic rings. The van der Waals surface area contributed by atoms with Crippen molar-refractivity contribution in [2.24, 2.45) is 0 Å². The summed E-state index contributed by atoms with van der Waals surface area (Å²) in [6.07, 6.45) is 0. The van der Waals surface area contributed by atoms with Gasteiger partial charge >= 0.3 is 0 Å². The molecule has 2 rings (SSSR count). The molecule has 1 atom stereocenters. The minimum Gasteiger partial charge on any atom is -0.508 e. The Balaban J connectivity index is 2.01. The average molecular weight is 261 g/mol. The van der Waals surface area contributed by atoms with E-state index in [0.717, 1.165) is 17.7 Å². The molecule has 0 spiro atoms. The van der Waals surface area contributed by atoms with Gasteiger partial charge in [-0.25, -0.2) is 0 Å². The minimum absolute atomic E-state index is 0.146. The summed E-state index contributed by atoms with van der Waals surface area (Å²) in [5, 5.41) is 13.4. The van der Waals surface area contributed by atoms with Crippen molar-refractivity contribution in [2.45, 2.75) is 33.4 Å². The van der Waals surface area contributed by atoms with Crippen molar-refractivity contribution in [3.8, 4) is 5.75 Å². The van der Waals surface area contributed by atoms with Gasteiger partial charge in [-0.05, 0) is 44.5 Å². The molecule has 2 nitrogen and oxygen atoms in total. The lowest BCUT2D eigenvalue weighted by Gasteiger charge is -2.15. The van der Waals surface area contributed by atoms with Crippen LogP contribution in [0.15, 0.2) is 30.3 Å². The number of phenols is 1. The molecule has 0 aliphatic carbocycles. The summed E-state index contributed by atoms with van der Waals surface area (Å²) < 4.78 is 0. The molecule has 0 saturated carbocycles. The quantitative estimate of drug-likeness (QED) is 0.874. The van der Waals surface area contributed by atoms with E-state index in [1.807, 2.05) is 25.1 Å². The summed E-state index contributed by atoms with van der Waals surface area (Å²) in [7, 11) is 0. The number of thiophene rings is 1. The summed E-state index contributed by atoms with van der Waals surface area (Å²) in [5.41, 5.74) is 2.03. The average Bonchev–Trinajstić information content (AvgIpc) is 2.72. The maximum absolute atomic E-state index is 9.93. The number of aromatic hydroxyl groups is 1. The Hall–Kier alpha value is -1.32. The highest BCUT2D eigenvalue weighted by molar-refractivity contribution is 7.11. The van der Waals surface area contributed by atoms with Crippen LogP contribution in [-0.4, -0.2) is 5.11 Å². The minimum atomic E-state index is 0.146. The van der Waals surface area contributed by atoms with Gasteiger partial charge < -0.3 is 10.4 Å². The standard InChI is InChI=1S/C15H19NOS/c1-10-4-7-14(15(17)8-10)12(3)16-9-13-6-5-11(2)18-13/h4-8,12,16-17H,9H2,1-3H3. The largest absolute Gasteiger partial charge is 0.508 e. The molecule has 18 heavy (non-hydrogen) atoms. The summed E-state index contributed by atoms with van der Waals surface area (Å²) >= 11 is 1.81. The van der Waals surface area contributed by atoms with E-state index in [-0.39, 0.29) is 6.04 Å². The second-order valence-electron chi connectivity index (χ2n) is 4.68. The number of rotatable bonds is 4. The van der Waals surface area contributed by atoms with E-state index in [1.165, 1.54) is 9.75 Å². The fourth-order valence-corrected chi connectivity index (χ4v) is 2.80. The third kappa shape index (κ3) is 3.12. The number of benzene rings is 1. The van der Waals surface area contributed by atoms with Crippen LogP contribution in [0.4, 0.5) is 0 Å². The smallest absolute Gasteiger partial charge is 0.120 e. The zero-order valence-corrected chi connectivity index (χ0v) is 11.8. The number of phenolic OH excluding ortho intramolecular Hbond substituents is 1. The molecule has 0 fully saturated rings. The molecule has 0 aliphatic rings. The van der Waals surface area contributed by atoms with E-state index < -0.39 is 0 Å².